The van der Waals surface area contributed by atoms with Gasteiger partial charge in [-0.3, -0.25) is 4.72 Å². The third kappa shape index (κ3) is 2.50. The van der Waals surface area contributed by atoms with Gasteiger partial charge in [0.2, 0.25) is 10.0 Å². The Labute approximate surface area is 100 Å². The van der Waals surface area contributed by atoms with E-state index in [1.165, 1.54) is 0 Å². The fourth-order valence-corrected chi connectivity index (χ4v) is 2.40. The van der Waals surface area contributed by atoms with E-state index < -0.39 is 10.0 Å². The van der Waals surface area contributed by atoms with Crippen molar-refractivity contribution in [1.29, 1.82) is 5.26 Å². The fourth-order valence-electron chi connectivity index (χ4n) is 1.84. The molecule has 0 saturated heterocycles. The highest BCUT2D eigenvalue weighted by Crippen LogP contribution is 2.38. The number of hydrogen-bond donors (Lipinski definition) is 1. The highest BCUT2D eigenvalue weighted by molar-refractivity contribution is 7.92. The van der Waals surface area contributed by atoms with Crippen LogP contribution in [0.1, 0.15) is 17.9 Å². The van der Waals surface area contributed by atoms with Gasteiger partial charge in [0.1, 0.15) is 5.75 Å². The molecule has 1 atom stereocenters. The number of fused-ring (bicyclic) bond motifs is 1. The molecular weight excluding hydrogens is 240 g/mol. The van der Waals surface area contributed by atoms with Crippen LogP contribution in [0.4, 0.5) is 5.69 Å². The summed E-state index contributed by atoms with van der Waals surface area (Å²) in [6.45, 7) is 0.424. The van der Waals surface area contributed by atoms with Crippen LogP contribution in [0.3, 0.4) is 0 Å². The summed E-state index contributed by atoms with van der Waals surface area (Å²) in [7, 11) is -3.35. The van der Waals surface area contributed by atoms with Crippen molar-refractivity contribution in [3.8, 4) is 11.8 Å². The van der Waals surface area contributed by atoms with Crippen molar-refractivity contribution in [2.75, 3.05) is 17.6 Å². The summed E-state index contributed by atoms with van der Waals surface area (Å²) in [5, 5.41) is 9.02. The first kappa shape index (κ1) is 11.7. The number of anilines is 1. The molecule has 1 aromatic carbocycles. The van der Waals surface area contributed by atoms with Gasteiger partial charge in [0.05, 0.1) is 30.5 Å². The van der Waals surface area contributed by atoms with Gasteiger partial charge in [0.25, 0.3) is 0 Å². The molecular formula is C11H12N2O3S. The summed E-state index contributed by atoms with van der Waals surface area (Å²) in [4.78, 5) is 0. The molecule has 1 aliphatic heterocycles. The Balaban J connectivity index is 2.47. The number of nitriles is 1. The number of rotatable bonds is 2. The Morgan fingerprint density at radius 1 is 1.53 bits per heavy atom. The van der Waals surface area contributed by atoms with Gasteiger partial charge in [-0.25, -0.2) is 8.42 Å². The van der Waals surface area contributed by atoms with E-state index in [9.17, 15) is 8.42 Å². The van der Waals surface area contributed by atoms with E-state index in [4.69, 9.17) is 10.00 Å². The van der Waals surface area contributed by atoms with Gasteiger partial charge >= 0.3 is 0 Å². The van der Waals surface area contributed by atoms with E-state index in [0.717, 1.165) is 11.8 Å². The molecule has 1 heterocycles. The minimum absolute atomic E-state index is 0.236. The minimum Gasteiger partial charge on any atom is -0.491 e. The van der Waals surface area contributed by atoms with E-state index in [1.807, 2.05) is 0 Å². The average molecular weight is 252 g/mol. The molecule has 0 fully saturated rings. The fraction of sp³-hybridized carbons (Fsp3) is 0.364. The lowest BCUT2D eigenvalue weighted by Gasteiger charge is -2.23. The zero-order valence-corrected chi connectivity index (χ0v) is 10.1. The smallest absolute Gasteiger partial charge is 0.229 e. The molecule has 1 aliphatic rings. The lowest BCUT2D eigenvalue weighted by molar-refractivity contribution is 0.282. The second kappa shape index (κ2) is 4.26. The Bertz CT molecular complexity index is 575. The van der Waals surface area contributed by atoms with Crippen LogP contribution < -0.4 is 9.46 Å². The number of nitrogens with one attached hydrogen (secondary N) is 1. The third-order valence-electron chi connectivity index (χ3n) is 2.53. The molecule has 0 radical (unpaired) electrons. The van der Waals surface area contributed by atoms with Crippen molar-refractivity contribution in [3.63, 3.8) is 0 Å². The van der Waals surface area contributed by atoms with Gasteiger partial charge in [-0.1, -0.05) is 12.1 Å². The molecule has 1 aromatic rings. The maximum atomic E-state index is 11.2. The Hall–Kier alpha value is -1.74. The average Bonchev–Trinajstić information content (AvgIpc) is 2.27. The molecule has 1 N–H and O–H groups in total. The van der Waals surface area contributed by atoms with Gasteiger partial charge in [-0.2, -0.15) is 5.26 Å². The summed E-state index contributed by atoms with van der Waals surface area (Å²) >= 11 is 0. The maximum Gasteiger partial charge on any atom is 0.229 e. The van der Waals surface area contributed by atoms with Crippen LogP contribution in [0.15, 0.2) is 18.2 Å². The van der Waals surface area contributed by atoms with Crippen LogP contribution >= 0.6 is 0 Å². The third-order valence-corrected chi connectivity index (χ3v) is 3.12. The summed E-state index contributed by atoms with van der Waals surface area (Å²) in [6.07, 6.45) is 1.71. The minimum atomic E-state index is -3.35. The van der Waals surface area contributed by atoms with Gasteiger partial charge in [-0.05, 0) is 6.07 Å². The van der Waals surface area contributed by atoms with E-state index in [2.05, 4.69) is 10.8 Å². The zero-order chi connectivity index (χ0) is 12.5. The quantitative estimate of drug-likeness (QED) is 0.864. The molecule has 2 rings (SSSR count). The maximum absolute atomic E-state index is 11.2. The molecule has 0 aromatic heterocycles. The van der Waals surface area contributed by atoms with Crippen molar-refractivity contribution in [2.24, 2.45) is 0 Å². The largest absolute Gasteiger partial charge is 0.491 e. The molecule has 0 spiro atoms. The monoisotopic (exact) mass is 252 g/mol. The molecule has 0 saturated carbocycles. The predicted molar refractivity (Wildman–Crippen MR) is 63.4 cm³/mol. The molecule has 90 valence electrons. The van der Waals surface area contributed by atoms with Gasteiger partial charge in [0, 0.05) is 12.0 Å². The van der Waals surface area contributed by atoms with E-state index in [-0.39, 0.29) is 5.92 Å². The Kier molecular flexibility index (Phi) is 2.94. The van der Waals surface area contributed by atoms with E-state index >= 15 is 0 Å². The predicted octanol–water partition coefficient (Wildman–Crippen LogP) is 1.45. The number of ether oxygens (including phenoxy) is 1. The van der Waals surface area contributed by atoms with Gasteiger partial charge < -0.3 is 4.74 Å². The van der Waals surface area contributed by atoms with Crippen molar-refractivity contribution >= 4 is 15.7 Å². The summed E-state index contributed by atoms with van der Waals surface area (Å²) in [5.41, 5.74) is 1.14. The lowest BCUT2D eigenvalue weighted by Crippen LogP contribution is -2.17. The van der Waals surface area contributed by atoms with Crippen LogP contribution in [0.5, 0.6) is 5.75 Å². The van der Waals surface area contributed by atoms with Crippen LogP contribution in [-0.4, -0.2) is 21.3 Å². The van der Waals surface area contributed by atoms with Gasteiger partial charge in [0.15, 0.2) is 0 Å². The lowest BCUT2D eigenvalue weighted by atomic mass is 9.94. The summed E-state index contributed by atoms with van der Waals surface area (Å²) in [5.74, 6) is 0.232. The molecule has 0 amide bonds. The number of hydrogen-bond acceptors (Lipinski definition) is 4. The molecule has 5 nitrogen and oxygen atoms in total. The second-order valence-electron chi connectivity index (χ2n) is 3.92. The normalized spacial score (nSPS) is 18.7. The number of sulfonamides is 1. The molecule has 0 bridgehead atoms. The van der Waals surface area contributed by atoms with Crippen molar-refractivity contribution < 1.29 is 13.2 Å². The Morgan fingerprint density at radius 2 is 2.29 bits per heavy atom. The van der Waals surface area contributed by atoms with Crippen molar-refractivity contribution in [1.82, 2.24) is 0 Å². The number of nitrogens with zero attached hydrogens (tertiary/aromatic N) is 1. The first-order valence-electron chi connectivity index (χ1n) is 5.14. The highest BCUT2D eigenvalue weighted by atomic mass is 32.2. The first-order chi connectivity index (χ1) is 8.01. The Morgan fingerprint density at radius 3 is 2.94 bits per heavy atom. The second-order valence-corrected chi connectivity index (χ2v) is 5.67. The SMILES string of the molecule is CS(=O)(=O)Nc1cccc2c1OCCC2C#N. The standard InChI is InChI=1S/C11H12N2O3S/c1-17(14,15)13-10-4-2-3-9-8(7-12)5-6-16-11(9)10/h2-4,8,13H,5-6H2,1H3. The number of para-hydroxylation sites is 1. The molecule has 6 heteroatoms. The van der Waals surface area contributed by atoms with Crippen LogP contribution in [-0.2, 0) is 10.0 Å². The molecule has 1 unspecified atom stereocenters. The van der Waals surface area contributed by atoms with Gasteiger partial charge in [-0.15, -0.1) is 0 Å². The molecule has 17 heavy (non-hydrogen) atoms. The number of benzene rings is 1. The van der Waals surface area contributed by atoms with Crippen molar-refractivity contribution in [3.05, 3.63) is 23.8 Å². The van der Waals surface area contributed by atoms with Crippen LogP contribution in [0, 0.1) is 11.3 Å². The molecule has 0 aliphatic carbocycles. The first-order valence-corrected chi connectivity index (χ1v) is 7.03. The van der Waals surface area contributed by atoms with E-state index in [0.29, 0.717) is 24.5 Å². The van der Waals surface area contributed by atoms with Crippen molar-refractivity contribution in [2.45, 2.75) is 12.3 Å². The topological polar surface area (TPSA) is 79.2 Å². The zero-order valence-electron chi connectivity index (χ0n) is 9.30. The van der Waals surface area contributed by atoms with Crippen LogP contribution in [0.2, 0.25) is 0 Å². The highest BCUT2D eigenvalue weighted by Gasteiger charge is 2.24. The summed E-state index contributed by atoms with van der Waals surface area (Å²) in [6, 6.07) is 7.32. The summed E-state index contributed by atoms with van der Waals surface area (Å²) < 4.78 is 30.3. The van der Waals surface area contributed by atoms with Crippen LogP contribution in [0.25, 0.3) is 0 Å². The van der Waals surface area contributed by atoms with E-state index in [1.54, 1.807) is 18.2 Å².